The second-order valence-corrected chi connectivity index (χ2v) is 10.6. The molecule has 4 rings (SSSR count). The summed E-state index contributed by atoms with van der Waals surface area (Å²) in [6, 6.07) is 16.6. The molecule has 0 aliphatic rings. The molecular formula is C24H25N3O3S2. The summed E-state index contributed by atoms with van der Waals surface area (Å²) in [5.74, 6) is 0.0795. The lowest BCUT2D eigenvalue weighted by molar-refractivity contribution is -0.129. The third kappa shape index (κ3) is 4.76. The highest BCUT2D eigenvalue weighted by molar-refractivity contribution is 7.92. The van der Waals surface area contributed by atoms with E-state index in [4.69, 9.17) is 0 Å². The van der Waals surface area contributed by atoms with Crippen LogP contribution in [0.5, 0.6) is 0 Å². The average molecular weight is 468 g/mol. The molecule has 3 heterocycles. The van der Waals surface area contributed by atoms with E-state index < -0.39 is 10.0 Å². The summed E-state index contributed by atoms with van der Waals surface area (Å²) in [7, 11) is -1.83. The van der Waals surface area contributed by atoms with Crippen LogP contribution in [0.2, 0.25) is 0 Å². The summed E-state index contributed by atoms with van der Waals surface area (Å²) < 4.78 is 27.9. The molecule has 0 aliphatic carbocycles. The third-order valence-corrected chi connectivity index (χ3v) is 8.51. The number of amides is 1. The Balaban J connectivity index is 1.42. The largest absolute Gasteiger partial charge is 0.345 e. The first-order chi connectivity index (χ1) is 15.5. The van der Waals surface area contributed by atoms with Gasteiger partial charge in [-0.05, 0) is 48.1 Å². The lowest BCUT2D eigenvalue weighted by Crippen LogP contribution is -2.28. The molecule has 0 saturated carbocycles. The maximum Gasteiger partial charge on any atom is 0.277 e. The van der Waals surface area contributed by atoms with E-state index in [-0.39, 0.29) is 5.91 Å². The minimum absolute atomic E-state index is 0.0795. The van der Waals surface area contributed by atoms with Crippen molar-refractivity contribution in [2.45, 2.75) is 29.9 Å². The van der Waals surface area contributed by atoms with E-state index >= 15 is 0 Å². The van der Waals surface area contributed by atoms with Crippen molar-refractivity contribution in [3.05, 3.63) is 83.6 Å². The number of thiophene rings is 1. The van der Waals surface area contributed by atoms with Crippen molar-refractivity contribution in [1.82, 2.24) is 13.9 Å². The number of hydrogen-bond donors (Lipinski definition) is 0. The van der Waals surface area contributed by atoms with Gasteiger partial charge in [-0.3, -0.25) is 9.78 Å². The van der Waals surface area contributed by atoms with E-state index in [1.165, 1.54) is 15.3 Å². The number of benzene rings is 1. The molecule has 1 amide bonds. The zero-order valence-electron chi connectivity index (χ0n) is 17.8. The van der Waals surface area contributed by atoms with Crippen molar-refractivity contribution in [1.29, 1.82) is 0 Å². The van der Waals surface area contributed by atoms with Crippen LogP contribution in [-0.4, -0.2) is 41.8 Å². The molecule has 0 spiro atoms. The van der Waals surface area contributed by atoms with Crippen molar-refractivity contribution in [2.24, 2.45) is 0 Å². The maximum absolute atomic E-state index is 13.1. The number of rotatable bonds is 9. The monoisotopic (exact) mass is 467 g/mol. The molecule has 8 heteroatoms. The SMILES string of the molecule is CN(CCc1ccccn1)C(=O)CCCc1cn(S(=O)(=O)c2cccs2)c2ccccc12. The Morgan fingerprint density at radius 1 is 1.06 bits per heavy atom. The molecular weight excluding hydrogens is 442 g/mol. The first kappa shape index (κ1) is 22.2. The number of para-hydroxylation sites is 1. The lowest BCUT2D eigenvalue weighted by atomic mass is 10.1. The van der Waals surface area contributed by atoms with Crippen molar-refractivity contribution in [3.63, 3.8) is 0 Å². The molecule has 0 fully saturated rings. The first-order valence-electron chi connectivity index (χ1n) is 10.5. The number of aryl methyl sites for hydroxylation is 1. The highest BCUT2D eigenvalue weighted by Crippen LogP contribution is 2.28. The van der Waals surface area contributed by atoms with E-state index in [0.717, 1.165) is 23.1 Å². The zero-order chi connectivity index (χ0) is 22.6. The summed E-state index contributed by atoms with van der Waals surface area (Å²) in [6.45, 7) is 0.619. The van der Waals surface area contributed by atoms with Crippen LogP contribution in [0.1, 0.15) is 24.1 Å². The Kier molecular flexibility index (Phi) is 6.72. The molecule has 0 radical (unpaired) electrons. The minimum Gasteiger partial charge on any atom is -0.345 e. The van der Waals surface area contributed by atoms with Gasteiger partial charge in [-0.25, -0.2) is 3.97 Å². The molecule has 3 aromatic heterocycles. The maximum atomic E-state index is 13.1. The smallest absolute Gasteiger partial charge is 0.277 e. The highest BCUT2D eigenvalue weighted by atomic mass is 32.2. The van der Waals surface area contributed by atoms with Gasteiger partial charge in [0, 0.05) is 49.9 Å². The van der Waals surface area contributed by atoms with Gasteiger partial charge in [0.1, 0.15) is 4.21 Å². The van der Waals surface area contributed by atoms with Gasteiger partial charge in [-0.2, -0.15) is 8.42 Å². The number of carbonyl (C=O) groups excluding carboxylic acids is 1. The second-order valence-electron chi connectivity index (χ2n) is 7.64. The number of likely N-dealkylation sites (N-methyl/N-ethyl adjacent to an activating group) is 1. The van der Waals surface area contributed by atoms with Gasteiger partial charge >= 0.3 is 0 Å². The van der Waals surface area contributed by atoms with Crippen LogP contribution in [0.4, 0.5) is 0 Å². The molecule has 1 aromatic carbocycles. The van der Waals surface area contributed by atoms with Crippen molar-refractivity contribution < 1.29 is 13.2 Å². The van der Waals surface area contributed by atoms with Crippen LogP contribution in [0.15, 0.2) is 76.6 Å². The molecule has 6 nitrogen and oxygen atoms in total. The molecule has 0 N–H and O–H groups in total. The average Bonchev–Trinajstić information content (AvgIpc) is 3.48. The van der Waals surface area contributed by atoms with Crippen molar-refractivity contribution >= 4 is 38.2 Å². The second kappa shape index (κ2) is 9.67. The van der Waals surface area contributed by atoms with Crippen LogP contribution in [0.3, 0.4) is 0 Å². The van der Waals surface area contributed by atoms with Crippen LogP contribution in [-0.2, 0) is 27.7 Å². The van der Waals surface area contributed by atoms with Gasteiger partial charge in [0.25, 0.3) is 10.0 Å². The zero-order valence-corrected chi connectivity index (χ0v) is 19.5. The van der Waals surface area contributed by atoms with Crippen LogP contribution in [0.25, 0.3) is 10.9 Å². The van der Waals surface area contributed by atoms with Gasteiger partial charge in [0.05, 0.1) is 5.52 Å². The fraction of sp³-hybridized carbons (Fsp3) is 0.250. The van der Waals surface area contributed by atoms with E-state index in [0.29, 0.717) is 35.5 Å². The van der Waals surface area contributed by atoms with E-state index in [1.54, 1.807) is 34.8 Å². The molecule has 166 valence electrons. The summed E-state index contributed by atoms with van der Waals surface area (Å²) in [5, 5.41) is 2.67. The number of nitrogens with zero attached hydrogens (tertiary/aromatic N) is 3. The predicted octanol–water partition coefficient (Wildman–Crippen LogP) is 4.36. The van der Waals surface area contributed by atoms with E-state index in [2.05, 4.69) is 4.98 Å². The quantitative estimate of drug-likeness (QED) is 0.367. The Labute approximate surface area is 192 Å². The summed E-state index contributed by atoms with van der Waals surface area (Å²) in [6.07, 6.45) is 5.88. The fourth-order valence-electron chi connectivity index (χ4n) is 3.70. The Morgan fingerprint density at radius 3 is 2.62 bits per heavy atom. The molecule has 0 atom stereocenters. The van der Waals surface area contributed by atoms with Gasteiger partial charge in [0.15, 0.2) is 0 Å². The molecule has 0 saturated heterocycles. The highest BCUT2D eigenvalue weighted by Gasteiger charge is 2.22. The number of hydrogen-bond acceptors (Lipinski definition) is 5. The topological polar surface area (TPSA) is 72.3 Å². The lowest BCUT2D eigenvalue weighted by Gasteiger charge is -2.16. The molecule has 0 bridgehead atoms. The molecule has 32 heavy (non-hydrogen) atoms. The van der Waals surface area contributed by atoms with Gasteiger partial charge in [-0.1, -0.05) is 30.3 Å². The predicted molar refractivity (Wildman–Crippen MR) is 127 cm³/mol. The summed E-state index contributed by atoms with van der Waals surface area (Å²) >= 11 is 1.21. The Hall–Kier alpha value is -2.97. The van der Waals surface area contributed by atoms with Crippen LogP contribution < -0.4 is 0 Å². The fourth-order valence-corrected chi connectivity index (χ4v) is 6.17. The molecule has 4 aromatic rings. The van der Waals surface area contributed by atoms with Crippen LogP contribution in [0, 0.1) is 0 Å². The summed E-state index contributed by atoms with van der Waals surface area (Å²) in [4.78, 5) is 18.6. The molecule has 0 aliphatic heterocycles. The Bertz CT molecular complexity index is 1300. The van der Waals surface area contributed by atoms with Crippen molar-refractivity contribution in [3.8, 4) is 0 Å². The van der Waals surface area contributed by atoms with E-state index in [1.807, 2.05) is 49.5 Å². The van der Waals surface area contributed by atoms with Gasteiger partial charge in [-0.15, -0.1) is 11.3 Å². The Morgan fingerprint density at radius 2 is 1.88 bits per heavy atom. The number of fused-ring (bicyclic) bond motifs is 1. The molecule has 0 unspecified atom stereocenters. The van der Waals surface area contributed by atoms with Crippen LogP contribution >= 0.6 is 11.3 Å². The minimum atomic E-state index is -3.64. The number of carbonyl (C=O) groups is 1. The van der Waals surface area contributed by atoms with Gasteiger partial charge in [0.2, 0.25) is 5.91 Å². The number of pyridine rings is 1. The summed E-state index contributed by atoms with van der Waals surface area (Å²) in [5.41, 5.74) is 2.56. The van der Waals surface area contributed by atoms with E-state index in [9.17, 15) is 13.2 Å². The normalized spacial score (nSPS) is 11.7. The standard InChI is InChI=1S/C24H25N3O3S2/c1-26(16-14-20-9-4-5-15-25-20)23(28)12-6-8-19-18-27(22-11-3-2-10-21(19)22)32(29,30)24-13-7-17-31-24/h2-5,7,9-11,13,15,17-18H,6,8,12,14,16H2,1H3. The number of aromatic nitrogens is 2. The first-order valence-corrected chi connectivity index (χ1v) is 12.8. The third-order valence-electron chi connectivity index (χ3n) is 5.46. The van der Waals surface area contributed by atoms with Gasteiger partial charge < -0.3 is 4.90 Å². The van der Waals surface area contributed by atoms with Crippen molar-refractivity contribution in [2.75, 3.05) is 13.6 Å².